The lowest BCUT2D eigenvalue weighted by atomic mass is 9.70. The molecule has 0 radical (unpaired) electrons. The second kappa shape index (κ2) is 10.3. The predicted molar refractivity (Wildman–Crippen MR) is 99.1 cm³/mol. The van der Waals surface area contributed by atoms with E-state index in [1.54, 1.807) is 13.8 Å². The van der Waals surface area contributed by atoms with Gasteiger partial charge in [-0.3, -0.25) is 4.79 Å². The number of hydrogen-bond acceptors (Lipinski definition) is 4. The molecule has 13 heteroatoms. The van der Waals surface area contributed by atoms with E-state index >= 15 is 0 Å². The zero-order valence-corrected chi connectivity index (χ0v) is 19.1. The molecule has 4 nitrogen and oxygen atoms in total. The first-order valence-electron chi connectivity index (χ1n) is 9.95. The second-order valence-corrected chi connectivity index (χ2v) is 9.59. The molecule has 0 aromatic carbocycles. The first-order valence-corrected chi connectivity index (χ1v) is 9.95. The first kappa shape index (κ1) is 31.3. The van der Waals surface area contributed by atoms with Crippen LogP contribution in [0.4, 0.5) is 39.5 Å². The Morgan fingerprint density at radius 3 is 1.67 bits per heavy atom. The van der Waals surface area contributed by atoms with E-state index in [9.17, 15) is 49.1 Å². The third-order valence-electron chi connectivity index (χ3n) is 5.18. The summed E-state index contributed by atoms with van der Waals surface area (Å²) in [5.74, 6) is -22.6. The highest BCUT2D eigenvalue weighted by atomic mass is 19.4. The molecular formula is C20H29F9O4. The summed E-state index contributed by atoms with van der Waals surface area (Å²) in [6.07, 6.45) is -8.31. The maximum atomic E-state index is 13.4. The van der Waals surface area contributed by atoms with Crippen molar-refractivity contribution in [1.29, 1.82) is 0 Å². The minimum atomic E-state index is -7.02. The Morgan fingerprint density at radius 1 is 0.788 bits per heavy atom. The molecule has 0 N–H and O–H groups in total. The van der Waals surface area contributed by atoms with Crippen molar-refractivity contribution in [2.45, 2.75) is 84.7 Å². The van der Waals surface area contributed by atoms with Gasteiger partial charge in [0.1, 0.15) is 0 Å². The number of esters is 2. The van der Waals surface area contributed by atoms with E-state index in [1.165, 1.54) is 0 Å². The smallest absolute Gasteiger partial charge is 0.460 e. The van der Waals surface area contributed by atoms with Crippen LogP contribution in [0.25, 0.3) is 0 Å². The maximum absolute atomic E-state index is 13.4. The van der Waals surface area contributed by atoms with Crippen molar-refractivity contribution < 1.29 is 58.6 Å². The summed E-state index contributed by atoms with van der Waals surface area (Å²) < 4.78 is 124. The maximum Gasteiger partial charge on any atom is 0.460 e. The van der Waals surface area contributed by atoms with Crippen LogP contribution < -0.4 is 0 Å². The van der Waals surface area contributed by atoms with Crippen molar-refractivity contribution in [3.8, 4) is 0 Å². The van der Waals surface area contributed by atoms with Crippen LogP contribution >= 0.6 is 0 Å². The quantitative estimate of drug-likeness (QED) is 0.241. The second-order valence-electron chi connectivity index (χ2n) is 9.59. The third-order valence-corrected chi connectivity index (χ3v) is 5.18. The van der Waals surface area contributed by atoms with Crippen LogP contribution in [0, 0.1) is 16.7 Å². The number of alkyl halides is 9. The van der Waals surface area contributed by atoms with E-state index in [-0.39, 0.29) is 5.41 Å². The van der Waals surface area contributed by atoms with Crippen LogP contribution in [0.2, 0.25) is 0 Å². The Morgan fingerprint density at radius 2 is 1.27 bits per heavy atom. The van der Waals surface area contributed by atoms with E-state index < -0.39 is 66.8 Å². The van der Waals surface area contributed by atoms with Crippen LogP contribution in [0.1, 0.15) is 60.8 Å². The molecule has 0 aromatic heterocycles. The van der Waals surface area contributed by atoms with Crippen LogP contribution in [-0.2, 0) is 19.1 Å². The largest absolute Gasteiger partial charge is 0.463 e. The lowest BCUT2D eigenvalue weighted by Crippen LogP contribution is -2.61. The monoisotopic (exact) mass is 504 g/mol. The summed E-state index contributed by atoms with van der Waals surface area (Å²) in [6, 6.07) is 0. The van der Waals surface area contributed by atoms with E-state index in [4.69, 9.17) is 4.74 Å². The summed E-state index contributed by atoms with van der Waals surface area (Å²) in [6.45, 7) is 8.32. The standard InChI is InChI=1S/C20H29F9O4/c1-7-16(5,6)12(10-15(2,3)4)14(31)33-11-13(30)32-9-8-17(21,22)18(23,24)19(25,26)20(27,28)29/h12H,7-11H2,1-6H3. The van der Waals surface area contributed by atoms with Gasteiger partial charge in [-0.05, 0) is 17.3 Å². The topological polar surface area (TPSA) is 52.6 Å². The number of rotatable bonds is 11. The summed E-state index contributed by atoms with van der Waals surface area (Å²) in [5, 5.41) is 0. The van der Waals surface area contributed by atoms with Gasteiger partial charge in [-0.15, -0.1) is 0 Å². The van der Waals surface area contributed by atoms with E-state index in [0.29, 0.717) is 12.8 Å². The zero-order valence-electron chi connectivity index (χ0n) is 19.1. The molecule has 0 bridgehead atoms. The van der Waals surface area contributed by atoms with Gasteiger partial charge in [0.15, 0.2) is 6.61 Å². The molecule has 0 aliphatic rings. The summed E-state index contributed by atoms with van der Waals surface area (Å²) in [4.78, 5) is 24.1. The molecule has 0 saturated heterocycles. The van der Waals surface area contributed by atoms with E-state index in [0.717, 1.165) is 0 Å². The van der Waals surface area contributed by atoms with Gasteiger partial charge in [-0.1, -0.05) is 48.0 Å². The fourth-order valence-electron chi connectivity index (χ4n) is 2.67. The Balaban J connectivity index is 5.01. The van der Waals surface area contributed by atoms with Crippen LogP contribution in [0.3, 0.4) is 0 Å². The van der Waals surface area contributed by atoms with Crippen LogP contribution in [-0.4, -0.2) is 49.1 Å². The molecule has 1 atom stereocenters. The average molecular weight is 504 g/mol. The normalized spacial score (nSPS) is 15.2. The fraction of sp³-hybridized carbons (Fsp3) is 0.900. The molecule has 0 heterocycles. The van der Waals surface area contributed by atoms with Gasteiger partial charge in [0, 0.05) is 0 Å². The Bertz CT molecular complexity index is 680. The van der Waals surface area contributed by atoms with Crippen molar-refractivity contribution in [2.75, 3.05) is 13.2 Å². The van der Waals surface area contributed by atoms with Gasteiger partial charge in [-0.25, -0.2) is 4.79 Å². The van der Waals surface area contributed by atoms with Crippen LogP contribution in [0.5, 0.6) is 0 Å². The minimum absolute atomic E-state index is 0.300. The van der Waals surface area contributed by atoms with Crippen molar-refractivity contribution in [2.24, 2.45) is 16.7 Å². The first-order chi connectivity index (χ1) is 14.4. The van der Waals surface area contributed by atoms with Gasteiger partial charge >= 0.3 is 35.9 Å². The number of hydrogen-bond donors (Lipinski definition) is 0. The highest BCUT2D eigenvalue weighted by Crippen LogP contribution is 2.54. The van der Waals surface area contributed by atoms with Gasteiger partial charge in [-0.2, -0.15) is 39.5 Å². The number of halogens is 9. The molecule has 0 aromatic rings. The molecule has 33 heavy (non-hydrogen) atoms. The molecular weight excluding hydrogens is 475 g/mol. The fourth-order valence-corrected chi connectivity index (χ4v) is 2.67. The molecule has 1 unspecified atom stereocenters. The van der Waals surface area contributed by atoms with Crippen molar-refractivity contribution in [3.05, 3.63) is 0 Å². The van der Waals surface area contributed by atoms with Crippen molar-refractivity contribution >= 4 is 11.9 Å². The van der Waals surface area contributed by atoms with Crippen LogP contribution in [0.15, 0.2) is 0 Å². The zero-order chi connectivity index (χ0) is 26.7. The molecule has 0 aliphatic carbocycles. The highest BCUT2D eigenvalue weighted by molar-refractivity contribution is 5.78. The summed E-state index contributed by atoms with van der Waals surface area (Å²) in [7, 11) is 0. The third kappa shape index (κ3) is 7.94. The Kier molecular flexibility index (Phi) is 9.76. The number of carbonyl (C=O) groups is 2. The Labute approximate surface area is 186 Å². The summed E-state index contributed by atoms with van der Waals surface area (Å²) in [5.41, 5.74) is -0.836. The van der Waals surface area contributed by atoms with Crippen molar-refractivity contribution in [3.63, 3.8) is 0 Å². The highest BCUT2D eigenvalue weighted by Gasteiger charge is 2.81. The van der Waals surface area contributed by atoms with Gasteiger partial charge in [0.2, 0.25) is 0 Å². The van der Waals surface area contributed by atoms with Gasteiger partial charge in [0.25, 0.3) is 0 Å². The molecule has 0 aliphatic heterocycles. The van der Waals surface area contributed by atoms with E-state index in [2.05, 4.69) is 4.74 Å². The predicted octanol–water partition coefficient (Wildman–Crippen LogP) is 6.42. The van der Waals surface area contributed by atoms with Gasteiger partial charge < -0.3 is 9.47 Å². The number of ether oxygens (including phenoxy) is 2. The molecule has 0 saturated carbocycles. The lowest BCUT2D eigenvalue weighted by Gasteiger charge is -2.35. The molecule has 0 spiro atoms. The van der Waals surface area contributed by atoms with E-state index in [1.807, 2.05) is 27.7 Å². The molecule has 0 amide bonds. The van der Waals surface area contributed by atoms with Crippen molar-refractivity contribution in [1.82, 2.24) is 0 Å². The average Bonchev–Trinajstić information content (AvgIpc) is 2.62. The molecule has 196 valence electrons. The molecule has 0 fully saturated rings. The van der Waals surface area contributed by atoms with Gasteiger partial charge in [0.05, 0.1) is 18.9 Å². The molecule has 0 rings (SSSR count). The Hall–Kier alpha value is -1.69. The number of carbonyl (C=O) groups excluding carboxylic acids is 2. The minimum Gasteiger partial charge on any atom is -0.463 e. The SMILES string of the molecule is CCC(C)(C)C(CC(C)(C)C)C(=O)OCC(=O)OCCC(F)(F)C(F)(F)C(F)(F)C(F)(F)F. The lowest BCUT2D eigenvalue weighted by molar-refractivity contribution is -0.397. The summed E-state index contributed by atoms with van der Waals surface area (Å²) >= 11 is 0.